The van der Waals surface area contributed by atoms with Crippen LogP contribution in [-0.4, -0.2) is 17.1 Å². The van der Waals surface area contributed by atoms with Crippen molar-refractivity contribution in [2.24, 2.45) is 0 Å². The highest BCUT2D eigenvalue weighted by Crippen LogP contribution is 2.37. The lowest BCUT2D eigenvalue weighted by molar-refractivity contribution is 0.394. The van der Waals surface area contributed by atoms with Crippen LogP contribution in [0.2, 0.25) is 0 Å². The Morgan fingerprint density at radius 2 is 1.86 bits per heavy atom. The fourth-order valence-corrected chi connectivity index (χ4v) is 1.74. The highest BCUT2D eigenvalue weighted by molar-refractivity contribution is 5.77. The Balaban J connectivity index is 2.92. The zero-order chi connectivity index (χ0) is 15.7. The Morgan fingerprint density at radius 1 is 1.19 bits per heavy atom. The van der Waals surface area contributed by atoms with Crippen LogP contribution in [0.15, 0.2) is 6.07 Å². The highest BCUT2D eigenvalue weighted by atomic mass is 19.2. The molecule has 0 amide bonds. The predicted octanol–water partition coefficient (Wildman–Crippen LogP) is 1.61. The molecule has 1 heterocycles. The molecular weight excluding hydrogens is 287 g/mol. The number of benzene rings is 1. The van der Waals surface area contributed by atoms with E-state index in [0.29, 0.717) is 6.07 Å². The van der Waals surface area contributed by atoms with Crippen LogP contribution in [0.5, 0.6) is 5.75 Å². The first-order valence-electron chi connectivity index (χ1n) is 5.45. The lowest BCUT2D eigenvalue weighted by Gasteiger charge is -2.12. The zero-order valence-corrected chi connectivity index (χ0v) is 10.6. The molecule has 0 fully saturated rings. The van der Waals surface area contributed by atoms with E-state index in [0.717, 1.165) is 7.11 Å². The van der Waals surface area contributed by atoms with Gasteiger partial charge in [0, 0.05) is 6.07 Å². The van der Waals surface area contributed by atoms with E-state index in [1.165, 1.54) is 0 Å². The van der Waals surface area contributed by atoms with E-state index in [4.69, 9.17) is 21.5 Å². The summed E-state index contributed by atoms with van der Waals surface area (Å²) in [6.45, 7) is 0. The monoisotopic (exact) mass is 295 g/mol. The summed E-state index contributed by atoms with van der Waals surface area (Å²) in [6, 6.07) is 2.29. The van der Waals surface area contributed by atoms with Gasteiger partial charge in [-0.3, -0.25) is 0 Å². The van der Waals surface area contributed by atoms with Gasteiger partial charge >= 0.3 is 0 Å². The molecule has 0 aliphatic rings. The molecule has 1 aromatic carbocycles. The molecule has 0 aliphatic carbocycles. The molecule has 2 rings (SSSR count). The maximum Gasteiger partial charge on any atom is 0.222 e. The summed E-state index contributed by atoms with van der Waals surface area (Å²) in [5.41, 5.74) is 9.62. The van der Waals surface area contributed by atoms with Gasteiger partial charge in [0.05, 0.1) is 12.7 Å². The number of methoxy groups -OCH3 is 1. The molecule has 0 aliphatic heterocycles. The summed E-state index contributed by atoms with van der Waals surface area (Å²) in [5.74, 6) is -5.77. The molecule has 6 nitrogen and oxygen atoms in total. The summed E-state index contributed by atoms with van der Waals surface area (Å²) in [5, 5.41) is 9.05. The number of nitrogens with two attached hydrogens (primary N) is 2. The number of ether oxygens (including phenoxy) is 1. The van der Waals surface area contributed by atoms with Crippen molar-refractivity contribution in [1.29, 1.82) is 5.26 Å². The standard InChI is InChI=1S/C12H8F3N5O/c1-21-6-2-5(13)8(14)9(15)7(6)10-4(3-16)11(17)20-12(18)19-10/h2H,1H3,(H4,17,18,19,20). The van der Waals surface area contributed by atoms with Gasteiger partial charge in [0.1, 0.15) is 28.9 Å². The third-order valence-corrected chi connectivity index (χ3v) is 2.65. The van der Waals surface area contributed by atoms with Crippen molar-refractivity contribution in [2.75, 3.05) is 18.6 Å². The Labute approximate surface area is 116 Å². The van der Waals surface area contributed by atoms with Crippen LogP contribution in [-0.2, 0) is 0 Å². The Morgan fingerprint density at radius 3 is 2.43 bits per heavy atom. The first kappa shape index (κ1) is 14.4. The molecule has 4 N–H and O–H groups in total. The van der Waals surface area contributed by atoms with Gasteiger partial charge in [-0.2, -0.15) is 10.2 Å². The second kappa shape index (κ2) is 5.16. The van der Waals surface area contributed by atoms with Crippen LogP contribution < -0.4 is 16.2 Å². The first-order chi connectivity index (χ1) is 9.90. The second-order valence-corrected chi connectivity index (χ2v) is 3.87. The fourth-order valence-electron chi connectivity index (χ4n) is 1.74. The minimum atomic E-state index is -1.73. The van der Waals surface area contributed by atoms with Crippen molar-refractivity contribution < 1.29 is 17.9 Å². The van der Waals surface area contributed by atoms with Gasteiger partial charge in [0.15, 0.2) is 17.5 Å². The zero-order valence-electron chi connectivity index (χ0n) is 10.6. The normalized spacial score (nSPS) is 10.2. The van der Waals surface area contributed by atoms with Crippen molar-refractivity contribution in [3.63, 3.8) is 0 Å². The minimum Gasteiger partial charge on any atom is -0.496 e. The molecule has 0 saturated heterocycles. The summed E-state index contributed by atoms with van der Waals surface area (Å²) < 4.78 is 45.5. The number of halogens is 3. The number of anilines is 2. The van der Waals surface area contributed by atoms with Crippen LogP contribution in [0.3, 0.4) is 0 Å². The maximum absolute atomic E-state index is 14.0. The van der Waals surface area contributed by atoms with Crippen LogP contribution in [0.1, 0.15) is 5.56 Å². The number of nitriles is 1. The van der Waals surface area contributed by atoms with Crippen molar-refractivity contribution in [2.45, 2.75) is 0 Å². The summed E-state index contributed by atoms with van der Waals surface area (Å²) in [6.07, 6.45) is 0. The first-order valence-corrected chi connectivity index (χ1v) is 5.45. The third kappa shape index (κ3) is 2.27. The van der Waals surface area contributed by atoms with Gasteiger partial charge in [-0.15, -0.1) is 0 Å². The number of hydrogen-bond acceptors (Lipinski definition) is 6. The van der Waals surface area contributed by atoms with Crippen LogP contribution >= 0.6 is 0 Å². The van der Waals surface area contributed by atoms with Crippen LogP contribution in [0, 0.1) is 28.8 Å². The number of aromatic nitrogens is 2. The van der Waals surface area contributed by atoms with Crippen molar-refractivity contribution in [3.05, 3.63) is 29.1 Å². The predicted molar refractivity (Wildman–Crippen MR) is 67.4 cm³/mol. The molecule has 9 heteroatoms. The van der Waals surface area contributed by atoms with E-state index in [-0.39, 0.29) is 28.8 Å². The number of nitrogen functional groups attached to an aromatic ring is 2. The van der Waals surface area contributed by atoms with Crippen molar-refractivity contribution >= 4 is 11.8 Å². The van der Waals surface area contributed by atoms with E-state index in [1.54, 1.807) is 6.07 Å². The number of hydrogen-bond donors (Lipinski definition) is 2. The van der Waals surface area contributed by atoms with Gasteiger partial charge < -0.3 is 16.2 Å². The quantitative estimate of drug-likeness (QED) is 0.814. The summed E-state index contributed by atoms with van der Waals surface area (Å²) >= 11 is 0. The Bertz CT molecular complexity index is 773. The average molecular weight is 295 g/mol. The highest BCUT2D eigenvalue weighted by Gasteiger charge is 2.25. The van der Waals surface area contributed by atoms with E-state index in [2.05, 4.69) is 9.97 Å². The maximum atomic E-state index is 14.0. The van der Waals surface area contributed by atoms with Gasteiger partial charge in [-0.25, -0.2) is 18.2 Å². The summed E-state index contributed by atoms with van der Waals surface area (Å²) in [7, 11) is 1.12. The summed E-state index contributed by atoms with van der Waals surface area (Å²) in [4.78, 5) is 7.22. The van der Waals surface area contributed by atoms with E-state index in [9.17, 15) is 13.2 Å². The average Bonchev–Trinajstić information content (AvgIpc) is 2.43. The fraction of sp³-hybridized carbons (Fsp3) is 0.0833. The molecule has 2 aromatic rings. The van der Waals surface area contributed by atoms with Gasteiger partial charge in [-0.05, 0) is 0 Å². The molecule has 0 radical (unpaired) electrons. The Hall–Kier alpha value is -3.02. The van der Waals surface area contributed by atoms with Crippen LogP contribution in [0.4, 0.5) is 24.9 Å². The molecule has 0 bridgehead atoms. The molecule has 21 heavy (non-hydrogen) atoms. The molecule has 0 saturated carbocycles. The van der Waals surface area contributed by atoms with Crippen molar-refractivity contribution in [1.82, 2.24) is 9.97 Å². The molecule has 1 aromatic heterocycles. The second-order valence-electron chi connectivity index (χ2n) is 3.87. The topological polar surface area (TPSA) is 111 Å². The van der Waals surface area contributed by atoms with Crippen LogP contribution in [0.25, 0.3) is 11.3 Å². The molecule has 0 spiro atoms. The van der Waals surface area contributed by atoms with Gasteiger partial charge in [0.2, 0.25) is 5.95 Å². The lowest BCUT2D eigenvalue weighted by Crippen LogP contribution is -2.07. The number of rotatable bonds is 2. The molecular formula is C12H8F3N5O. The lowest BCUT2D eigenvalue weighted by atomic mass is 10.0. The number of nitrogens with zero attached hydrogens (tertiary/aromatic N) is 3. The minimum absolute atomic E-state index is 0.314. The van der Waals surface area contributed by atoms with E-state index in [1.807, 2.05) is 0 Å². The molecule has 108 valence electrons. The van der Waals surface area contributed by atoms with E-state index < -0.39 is 23.0 Å². The third-order valence-electron chi connectivity index (χ3n) is 2.65. The van der Waals surface area contributed by atoms with Gasteiger partial charge in [0.25, 0.3) is 0 Å². The SMILES string of the molecule is COc1cc(F)c(F)c(F)c1-c1nc(N)nc(N)c1C#N. The molecule has 0 atom stereocenters. The van der Waals surface area contributed by atoms with Gasteiger partial charge in [-0.1, -0.05) is 0 Å². The Kier molecular flexibility index (Phi) is 3.54. The molecule has 0 unspecified atom stereocenters. The smallest absolute Gasteiger partial charge is 0.222 e. The van der Waals surface area contributed by atoms with E-state index >= 15 is 0 Å². The van der Waals surface area contributed by atoms with Crippen molar-refractivity contribution in [3.8, 4) is 23.1 Å². The largest absolute Gasteiger partial charge is 0.496 e.